The van der Waals surface area contributed by atoms with Crippen molar-refractivity contribution in [2.45, 2.75) is 60.0 Å². The summed E-state index contributed by atoms with van der Waals surface area (Å²) in [7, 11) is 0. The fraction of sp³-hybridized carbons (Fsp3) is 0.733. The van der Waals surface area contributed by atoms with Crippen molar-refractivity contribution in [3.8, 4) is 0 Å². The number of hydrogen-bond donors (Lipinski definition) is 1. The van der Waals surface area contributed by atoms with Gasteiger partial charge in [0.15, 0.2) is 0 Å². The van der Waals surface area contributed by atoms with E-state index >= 15 is 0 Å². The van der Waals surface area contributed by atoms with Crippen LogP contribution in [0.15, 0.2) is 10.9 Å². The molecule has 19 heavy (non-hydrogen) atoms. The summed E-state index contributed by atoms with van der Waals surface area (Å²) in [5, 5.41) is 3.47. The first-order valence-electron chi connectivity index (χ1n) is 7.18. The van der Waals surface area contributed by atoms with Crippen LogP contribution in [0.25, 0.3) is 0 Å². The van der Waals surface area contributed by atoms with E-state index in [1.54, 1.807) is 10.6 Å². The van der Waals surface area contributed by atoms with Crippen molar-refractivity contribution < 1.29 is 0 Å². The van der Waals surface area contributed by atoms with E-state index in [9.17, 15) is 4.79 Å². The molecule has 0 bridgehead atoms. The highest BCUT2D eigenvalue weighted by molar-refractivity contribution is 5.01. The van der Waals surface area contributed by atoms with Crippen molar-refractivity contribution in [2.75, 3.05) is 6.54 Å². The maximum atomic E-state index is 11.8. The van der Waals surface area contributed by atoms with Gasteiger partial charge >= 0.3 is 0 Å². The zero-order valence-corrected chi connectivity index (χ0v) is 12.9. The van der Waals surface area contributed by atoms with E-state index in [1.165, 1.54) is 12.8 Å². The van der Waals surface area contributed by atoms with E-state index in [0.717, 1.165) is 24.0 Å². The predicted octanol–water partition coefficient (Wildman–Crippen LogP) is 2.27. The van der Waals surface area contributed by atoms with Gasteiger partial charge in [-0.05, 0) is 39.5 Å². The molecular formula is C15H27N3O. The minimum atomic E-state index is 0.0432. The third kappa shape index (κ3) is 5.55. The lowest BCUT2D eigenvalue weighted by Gasteiger charge is -2.16. The highest BCUT2D eigenvalue weighted by Gasteiger charge is 2.05. The number of nitrogens with zero attached hydrogens (tertiary/aromatic N) is 2. The molecule has 1 atom stereocenters. The summed E-state index contributed by atoms with van der Waals surface area (Å²) in [5.74, 6) is 1.54. The normalized spacial score (nSPS) is 12.9. The van der Waals surface area contributed by atoms with Crippen molar-refractivity contribution in [3.63, 3.8) is 0 Å². The molecule has 0 aliphatic heterocycles. The van der Waals surface area contributed by atoms with Crippen LogP contribution in [0.4, 0.5) is 0 Å². The summed E-state index contributed by atoms with van der Waals surface area (Å²) in [4.78, 5) is 16.2. The van der Waals surface area contributed by atoms with Gasteiger partial charge in [-0.2, -0.15) is 0 Å². The Balaban J connectivity index is 2.43. The van der Waals surface area contributed by atoms with Gasteiger partial charge in [0.1, 0.15) is 5.82 Å². The third-order valence-electron chi connectivity index (χ3n) is 3.33. The summed E-state index contributed by atoms with van der Waals surface area (Å²) in [5.41, 5.74) is 0.832. The van der Waals surface area contributed by atoms with Crippen molar-refractivity contribution in [2.24, 2.45) is 5.92 Å². The lowest BCUT2D eigenvalue weighted by Crippen LogP contribution is -2.33. The SMILES string of the molecule is Cc1cc(=O)n(CCNC(C)CCC(C)C)c(C)n1. The van der Waals surface area contributed by atoms with Crippen LogP contribution in [0.3, 0.4) is 0 Å². The first-order valence-corrected chi connectivity index (χ1v) is 7.18. The highest BCUT2D eigenvalue weighted by atomic mass is 16.1. The molecule has 0 aromatic carbocycles. The maximum Gasteiger partial charge on any atom is 0.253 e. The lowest BCUT2D eigenvalue weighted by atomic mass is 10.0. The molecule has 1 unspecified atom stereocenters. The van der Waals surface area contributed by atoms with Crippen LogP contribution >= 0.6 is 0 Å². The van der Waals surface area contributed by atoms with Crippen molar-refractivity contribution in [1.29, 1.82) is 0 Å². The van der Waals surface area contributed by atoms with E-state index < -0.39 is 0 Å². The van der Waals surface area contributed by atoms with Crippen LogP contribution in [-0.4, -0.2) is 22.1 Å². The van der Waals surface area contributed by atoms with Gasteiger partial charge in [0.2, 0.25) is 0 Å². The molecule has 1 rings (SSSR count). The van der Waals surface area contributed by atoms with Gasteiger partial charge in [-0.25, -0.2) is 4.98 Å². The summed E-state index contributed by atoms with van der Waals surface area (Å²) in [6, 6.07) is 2.09. The van der Waals surface area contributed by atoms with Crippen LogP contribution in [-0.2, 0) is 6.54 Å². The van der Waals surface area contributed by atoms with Crippen molar-refractivity contribution in [3.05, 3.63) is 27.9 Å². The van der Waals surface area contributed by atoms with Crippen LogP contribution in [0, 0.1) is 19.8 Å². The summed E-state index contributed by atoms with van der Waals surface area (Å²) in [6.07, 6.45) is 2.41. The van der Waals surface area contributed by atoms with E-state index in [1.807, 2.05) is 13.8 Å². The molecule has 0 amide bonds. The van der Waals surface area contributed by atoms with Gasteiger partial charge in [-0.3, -0.25) is 9.36 Å². The number of nitrogens with one attached hydrogen (secondary N) is 1. The van der Waals surface area contributed by atoms with Crippen LogP contribution in [0.5, 0.6) is 0 Å². The summed E-state index contributed by atoms with van der Waals surface area (Å²) >= 11 is 0. The molecule has 0 radical (unpaired) electrons. The Morgan fingerprint density at radius 3 is 2.53 bits per heavy atom. The molecular weight excluding hydrogens is 238 g/mol. The molecule has 1 aromatic rings. The quantitative estimate of drug-likeness (QED) is 0.822. The molecule has 0 aliphatic carbocycles. The van der Waals surface area contributed by atoms with Gasteiger partial charge < -0.3 is 5.32 Å². The van der Waals surface area contributed by atoms with Crippen LogP contribution in [0.1, 0.15) is 45.1 Å². The zero-order chi connectivity index (χ0) is 14.4. The topological polar surface area (TPSA) is 46.9 Å². The second-order valence-corrected chi connectivity index (χ2v) is 5.76. The summed E-state index contributed by atoms with van der Waals surface area (Å²) < 4.78 is 1.73. The van der Waals surface area contributed by atoms with E-state index in [0.29, 0.717) is 12.6 Å². The molecule has 4 nitrogen and oxygen atoms in total. The zero-order valence-electron chi connectivity index (χ0n) is 12.9. The second kappa shape index (κ2) is 7.43. The van der Waals surface area contributed by atoms with Crippen molar-refractivity contribution >= 4 is 0 Å². The Morgan fingerprint density at radius 1 is 1.26 bits per heavy atom. The highest BCUT2D eigenvalue weighted by Crippen LogP contribution is 2.06. The second-order valence-electron chi connectivity index (χ2n) is 5.76. The van der Waals surface area contributed by atoms with Crippen molar-refractivity contribution in [1.82, 2.24) is 14.9 Å². The first-order chi connectivity index (χ1) is 8.90. The average Bonchev–Trinajstić information content (AvgIpc) is 2.29. The molecule has 1 N–H and O–H groups in total. The third-order valence-corrected chi connectivity index (χ3v) is 3.33. The number of aryl methyl sites for hydroxylation is 2. The largest absolute Gasteiger partial charge is 0.312 e. The van der Waals surface area contributed by atoms with E-state index in [2.05, 4.69) is 31.1 Å². The van der Waals surface area contributed by atoms with E-state index in [-0.39, 0.29) is 5.56 Å². The first kappa shape index (κ1) is 15.9. The van der Waals surface area contributed by atoms with Crippen LogP contribution < -0.4 is 10.9 Å². The van der Waals surface area contributed by atoms with Gasteiger partial charge in [0, 0.05) is 30.9 Å². The Hall–Kier alpha value is -1.16. The Bertz CT molecular complexity index is 451. The molecule has 1 aromatic heterocycles. The molecule has 0 aliphatic rings. The molecule has 1 heterocycles. The van der Waals surface area contributed by atoms with Gasteiger partial charge in [0.05, 0.1) is 0 Å². The number of rotatable bonds is 7. The van der Waals surface area contributed by atoms with Gasteiger partial charge in [0.25, 0.3) is 5.56 Å². The Labute approximate surface area is 116 Å². The van der Waals surface area contributed by atoms with E-state index in [4.69, 9.17) is 0 Å². The average molecular weight is 265 g/mol. The minimum Gasteiger partial charge on any atom is -0.312 e. The molecule has 0 spiro atoms. The smallest absolute Gasteiger partial charge is 0.253 e. The summed E-state index contributed by atoms with van der Waals surface area (Å²) in [6.45, 7) is 11.9. The Morgan fingerprint density at radius 2 is 1.95 bits per heavy atom. The number of hydrogen-bond acceptors (Lipinski definition) is 3. The fourth-order valence-electron chi connectivity index (χ4n) is 2.14. The molecule has 0 saturated carbocycles. The predicted molar refractivity (Wildman–Crippen MR) is 79.5 cm³/mol. The number of aromatic nitrogens is 2. The maximum absolute atomic E-state index is 11.8. The fourth-order valence-corrected chi connectivity index (χ4v) is 2.14. The molecule has 0 fully saturated rings. The molecule has 0 saturated heterocycles. The van der Waals surface area contributed by atoms with Crippen LogP contribution in [0.2, 0.25) is 0 Å². The van der Waals surface area contributed by atoms with Gasteiger partial charge in [-0.15, -0.1) is 0 Å². The molecule has 108 valence electrons. The standard InChI is InChI=1S/C15H27N3O/c1-11(2)6-7-12(3)16-8-9-18-14(5)17-13(4)10-15(18)19/h10-12,16H,6-9H2,1-5H3. The molecule has 4 heteroatoms. The lowest BCUT2D eigenvalue weighted by molar-refractivity contribution is 0.437. The Kier molecular flexibility index (Phi) is 6.22. The monoisotopic (exact) mass is 265 g/mol. The minimum absolute atomic E-state index is 0.0432. The van der Waals surface area contributed by atoms with Gasteiger partial charge in [-0.1, -0.05) is 13.8 Å².